The topological polar surface area (TPSA) is 64.4 Å². The molecule has 0 atom stereocenters. The van der Waals surface area contributed by atoms with E-state index in [9.17, 15) is 18.0 Å². The summed E-state index contributed by atoms with van der Waals surface area (Å²) in [5.41, 5.74) is -0.289. The van der Waals surface area contributed by atoms with Gasteiger partial charge in [-0.1, -0.05) is 0 Å². The van der Waals surface area contributed by atoms with Crippen LogP contribution in [0.25, 0.3) is 0 Å². The Morgan fingerprint density at radius 2 is 2.19 bits per heavy atom. The molecule has 1 rings (SSSR count). The van der Waals surface area contributed by atoms with E-state index < -0.39 is 18.9 Å². The second-order valence-corrected chi connectivity index (χ2v) is 2.68. The summed E-state index contributed by atoms with van der Waals surface area (Å²) in [5, 5.41) is 12.1. The van der Waals surface area contributed by atoms with Crippen molar-refractivity contribution in [2.75, 3.05) is 0 Å². The molecule has 0 amide bonds. The van der Waals surface area contributed by atoms with Crippen LogP contribution in [0.3, 0.4) is 0 Å². The number of aryl methyl sites for hydroxylation is 1. The van der Waals surface area contributed by atoms with Crippen molar-refractivity contribution in [3.8, 4) is 0 Å². The molecule has 0 saturated carbocycles. The molecule has 1 radical (unpaired) electrons. The van der Waals surface area contributed by atoms with E-state index >= 15 is 0 Å². The average Bonchev–Trinajstić information content (AvgIpc) is 2.42. The maximum Gasteiger partial charge on any atom is 0.522 e. The molecule has 0 fully saturated rings. The van der Waals surface area contributed by atoms with E-state index in [0.717, 1.165) is 10.7 Å². The summed E-state index contributed by atoms with van der Waals surface area (Å²) in [7, 11) is 1.32. The average molecular weight is 231 g/mol. The molecule has 0 saturated heterocycles. The quantitative estimate of drug-likeness (QED) is 0.780. The zero-order valence-corrected chi connectivity index (χ0v) is 8.58. The summed E-state index contributed by atoms with van der Waals surface area (Å²) in [6.45, 7) is -0.801. The molecule has 16 heavy (non-hydrogen) atoms. The number of ether oxygens (including phenoxy) is 1. The number of rotatable bonds is 3. The minimum atomic E-state index is -4.75. The fourth-order valence-corrected chi connectivity index (χ4v) is 0.953. The van der Waals surface area contributed by atoms with Crippen LogP contribution < -0.4 is 0 Å². The summed E-state index contributed by atoms with van der Waals surface area (Å²) in [6.07, 6.45) is -4.75. The van der Waals surface area contributed by atoms with Gasteiger partial charge in [-0.15, -0.1) is 13.2 Å². The number of carbonyl (C=O) groups is 1. The molecule has 1 aromatic heterocycles. The maximum absolute atomic E-state index is 11.6. The monoisotopic (exact) mass is 231 g/mol. The number of carboxylic acid groups (broad SMARTS) is 1. The van der Waals surface area contributed by atoms with Crippen LogP contribution in [0.1, 0.15) is 16.2 Å². The molecule has 1 heterocycles. The van der Waals surface area contributed by atoms with Crippen LogP contribution >= 0.6 is 0 Å². The van der Waals surface area contributed by atoms with Gasteiger partial charge in [-0.2, -0.15) is 5.10 Å². The predicted molar refractivity (Wildman–Crippen MR) is 46.8 cm³/mol. The van der Waals surface area contributed by atoms with Gasteiger partial charge < -0.3 is 5.11 Å². The van der Waals surface area contributed by atoms with Crippen LogP contribution in [0.5, 0.6) is 0 Å². The van der Waals surface area contributed by atoms with Crippen molar-refractivity contribution < 1.29 is 27.8 Å². The van der Waals surface area contributed by atoms with Crippen LogP contribution in [0.15, 0.2) is 6.07 Å². The van der Waals surface area contributed by atoms with Gasteiger partial charge in [-0.25, -0.2) is 4.79 Å². The van der Waals surface area contributed by atoms with E-state index in [1.807, 2.05) is 0 Å². The Labute approximate surface area is 100 Å². The zero-order valence-electron chi connectivity index (χ0n) is 8.58. The van der Waals surface area contributed by atoms with Gasteiger partial charge in [0.15, 0.2) is 0 Å². The second-order valence-electron chi connectivity index (χ2n) is 2.68. The van der Waals surface area contributed by atoms with Crippen molar-refractivity contribution >= 4 is 24.8 Å². The van der Waals surface area contributed by atoms with Crippen LogP contribution in [0, 0.1) is 0 Å². The molecular weight excluding hydrogens is 224 g/mol. The molecule has 1 aromatic rings. The third-order valence-electron chi connectivity index (χ3n) is 1.53. The molecule has 0 unspecified atom stereocenters. The van der Waals surface area contributed by atoms with E-state index in [0.29, 0.717) is 0 Å². The van der Waals surface area contributed by atoms with Gasteiger partial charge in [0.2, 0.25) is 0 Å². The second kappa shape index (κ2) is 5.38. The Morgan fingerprint density at radius 1 is 1.62 bits per heavy atom. The largest absolute Gasteiger partial charge is 0.522 e. The van der Waals surface area contributed by atoms with Crippen LogP contribution in [-0.4, -0.2) is 46.1 Å². The molecule has 0 aliphatic carbocycles. The number of alkyl halides is 3. The number of hydrogen-bond acceptors (Lipinski definition) is 3. The molecule has 0 bridgehead atoms. The molecule has 9 heteroatoms. The first-order chi connectivity index (χ1) is 6.79. The van der Waals surface area contributed by atoms with E-state index in [2.05, 4.69) is 9.84 Å². The first-order valence-electron chi connectivity index (χ1n) is 3.76. The predicted octanol–water partition coefficient (Wildman–Crippen LogP) is 0.774. The Morgan fingerprint density at radius 3 is 2.56 bits per heavy atom. The third-order valence-corrected chi connectivity index (χ3v) is 1.53. The van der Waals surface area contributed by atoms with Crippen molar-refractivity contribution in [3.05, 3.63) is 17.5 Å². The Hall–Kier alpha value is -0.973. The number of halogens is 3. The van der Waals surface area contributed by atoms with Gasteiger partial charge >= 0.3 is 12.3 Å². The molecule has 1 N–H and O–H groups in total. The number of carboxylic acids is 1. The van der Waals surface area contributed by atoms with Crippen molar-refractivity contribution in [1.82, 2.24) is 9.78 Å². The van der Waals surface area contributed by atoms with Gasteiger partial charge in [0.1, 0.15) is 12.3 Å². The molecular formula is C7H7F3LiN2O3. The minimum absolute atomic E-state index is 0. The third kappa shape index (κ3) is 4.26. The first kappa shape index (κ1) is 15.0. The van der Waals surface area contributed by atoms with Crippen molar-refractivity contribution in [2.24, 2.45) is 7.05 Å². The smallest absolute Gasteiger partial charge is 0.477 e. The van der Waals surface area contributed by atoms with Crippen molar-refractivity contribution in [1.29, 1.82) is 0 Å². The Bertz CT molecular complexity index is 377. The summed E-state index contributed by atoms with van der Waals surface area (Å²) in [5.74, 6) is -1.26. The van der Waals surface area contributed by atoms with E-state index in [4.69, 9.17) is 5.11 Å². The molecule has 0 aliphatic heterocycles. The normalized spacial score (nSPS) is 11.0. The standard InChI is InChI=1S/C7H7F3N2O3.Li/c1-12-5(6(13)14)2-4(11-12)3-15-7(8,9)10;/h2H,3H2,1H3,(H,13,14);. The molecule has 85 valence electrons. The van der Waals surface area contributed by atoms with E-state index in [1.165, 1.54) is 7.05 Å². The summed E-state index contributed by atoms with van der Waals surface area (Å²) >= 11 is 0. The minimum Gasteiger partial charge on any atom is -0.477 e. The molecule has 0 aliphatic rings. The fourth-order valence-electron chi connectivity index (χ4n) is 0.953. The SMILES string of the molecule is Cn1nc(COC(F)(F)F)cc1C(=O)O.[Li]. The van der Waals surface area contributed by atoms with Crippen molar-refractivity contribution in [2.45, 2.75) is 13.0 Å². The summed E-state index contributed by atoms with van der Waals surface area (Å²) in [6, 6.07) is 1.02. The molecule has 5 nitrogen and oxygen atoms in total. The molecule has 0 spiro atoms. The van der Waals surface area contributed by atoms with E-state index in [-0.39, 0.29) is 30.2 Å². The maximum atomic E-state index is 11.6. The van der Waals surface area contributed by atoms with Crippen LogP contribution in [0.2, 0.25) is 0 Å². The zero-order chi connectivity index (χ0) is 11.6. The van der Waals surface area contributed by atoms with Gasteiger partial charge in [0.05, 0.1) is 5.69 Å². The van der Waals surface area contributed by atoms with E-state index in [1.54, 1.807) is 0 Å². The van der Waals surface area contributed by atoms with Gasteiger partial charge in [0.25, 0.3) is 0 Å². The first-order valence-corrected chi connectivity index (χ1v) is 3.76. The summed E-state index contributed by atoms with van der Waals surface area (Å²) in [4.78, 5) is 10.5. The fraction of sp³-hybridized carbons (Fsp3) is 0.429. The summed E-state index contributed by atoms with van der Waals surface area (Å²) < 4.78 is 39.4. The number of nitrogens with zero attached hydrogens (tertiary/aromatic N) is 2. The number of aromatic nitrogens is 2. The Kier molecular flexibility index (Phi) is 5.06. The van der Waals surface area contributed by atoms with Gasteiger partial charge in [0, 0.05) is 25.9 Å². The van der Waals surface area contributed by atoms with Crippen LogP contribution in [-0.2, 0) is 18.4 Å². The molecule has 0 aromatic carbocycles. The number of aromatic carboxylic acids is 1. The van der Waals surface area contributed by atoms with Gasteiger partial charge in [-0.05, 0) is 6.07 Å². The number of hydrogen-bond donors (Lipinski definition) is 1. The Balaban J connectivity index is 0.00000225. The van der Waals surface area contributed by atoms with Gasteiger partial charge in [-0.3, -0.25) is 9.42 Å². The van der Waals surface area contributed by atoms with Crippen molar-refractivity contribution in [3.63, 3.8) is 0 Å². The van der Waals surface area contributed by atoms with Crippen LogP contribution in [0.4, 0.5) is 13.2 Å².